The molecular weight excluding hydrogens is 236 g/mol. The zero-order valence-corrected chi connectivity index (χ0v) is 10.7. The molecule has 1 aliphatic rings. The van der Waals surface area contributed by atoms with Crippen LogP contribution in [0.25, 0.3) is 0 Å². The van der Waals surface area contributed by atoms with E-state index >= 15 is 0 Å². The predicted octanol–water partition coefficient (Wildman–Crippen LogP) is 3.50. The second kappa shape index (κ2) is 6.82. The third-order valence-corrected chi connectivity index (χ3v) is 3.27. The molecule has 1 N–H and O–H groups in total. The number of pyridine rings is 1. The van der Waals surface area contributed by atoms with Gasteiger partial charge in [0.15, 0.2) is 0 Å². The molecule has 94 valence electrons. The molecule has 1 fully saturated rings. The lowest BCUT2D eigenvalue weighted by molar-refractivity contribution is 0.0347. The summed E-state index contributed by atoms with van der Waals surface area (Å²) in [5.74, 6) is 0. The molecule has 1 heterocycles. The van der Waals surface area contributed by atoms with Crippen LogP contribution in [-0.2, 0) is 4.74 Å². The molecule has 1 aromatic rings. The van der Waals surface area contributed by atoms with Crippen LogP contribution >= 0.6 is 11.6 Å². The zero-order chi connectivity index (χ0) is 11.9. The highest BCUT2D eigenvalue weighted by molar-refractivity contribution is 6.29. The van der Waals surface area contributed by atoms with Gasteiger partial charge in [0.1, 0.15) is 5.15 Å². The van der Waals surface area contributed by atoms with E-state index in [4.69, 9.17) is 16.3 Å². The maximum atomic E-state index is 5.82. The number of anilines is 1. The average Bonchev–Trinajstić information content (AvgIpc) is 2.36. The molecule has 0 spiro atoms. The van der Waals surface area contributed by atoms with Crippen molar-refractivity contribution in [3.63, 3.8) is 0 Å². The highest BCUT2D eigenvalue weighted by Crippen LogP contribution is 2.20. The standard InChI is InChI=1S/C13H19ClN2O/c14-13-10-11(6-7-16-13)15-8-9-17-12-4-2-1-3-5-12/h6-7,10,12H,1-5,8-9H2,(H,15,16). The van der Waals surface area contributed by atoms with Gasteiger partial charge in [-0.1, -0.05) is 30.9 Å². The van der Waals surface area contributed by atoms with Gasteiger partial charge >= 0.3 is 0 Å². The number of hydrogen-bond acceptors (Lipinski definition) is 3. The first kappa shape index (κ1) is 12.7. The molecule has 0 atom stereocenters. The molecule has 1 aromatic heterocycles. The molecule has 17 heavy (non-hydrogen) atoms. The highest BCUT2D eigenvalue weighted by atomic mass is 35.5. The fraction of sp³-hybridized carbons (Fsp3) is 0.615. The largest absolute Gasteiger partial charge is 0.383 e. The Bertz CT molecular complexity index is 340. The minimum Gasteiger partial charge on any atom is -0.383 e. The van der Waals surface area contributed by atoms with Gasteiger partial charge in [0, 0.05) is 18.4 Å². The number of halogens is 1. The van der Waals surface area contributed by atoms with Crippen molar-refractivity contribution < 1.29 is 4.74 Å². The summed E-state index contributed by atoms with van der Waals surface area (Å²) < 4.78 is 5.82. The molecule has 0 unspecified atom stereocenters. The van der Waals surface area contributed by atoms with Gasteiger partial charge in [-0.25, -0.2) is 4.98 Å². The molecular formula is C13H19ClN2O. The van der Waals surface area contributed by atoms with E-state index in [0.717, 1.165) is 18.8 Å². The van der Waals surface area contributed by atoms with Crippen molar-refractivity contribution in [3.8, 4) is 0 Å². The molecule has 1 saturated carbocycles. The van der Waals surface area contributed by atoms with Gasteiger partial charge in [0.05, 0.1) is 12.7 Å². The van der Waals surface area contributed by atoms with E-state index in [1.807, 2.05) is 12.1 Å². The Morgan fingerprint density at radius 1 is 1.35 bits per heavy atom. The van der Waals surface area contributed by atoms with Crippen LogP contribution in [0, 0.1) is 0 Å². The SMILES string of the molecule is Clc1cc(NCCOC2CCCCC2)ccn1. The van der Waals surface area contributed by atoms with Crippen LogP contribution in [0.4, 0.5) is 5.69 Å². The van der Waals surface area contributed by atoms with Crippen LogP contribution in [0.15, 0.2) is 18.3 Å². The molecule has 0 bridgehead atoms. The summed E-state index contributed by atoms with van der Waals surface area (Å²) in [6.45, 7) is 1.57. The lowest BCUT2D eigenvalue weighted by Crippen LogP contribution is -2.20. The number of nitrogens with zero attached hydrogens (tertiary/aromatic N) is 1. The van der Waals surface area contributed by atoms with Crippen molar-refractivity contribution in [1.29, 1.82) is 0 Å². The van der Waals surface area contributed by atoms with E-state index in [-0.39, 0.29) is 0 Å². The fourth-order valence-corrected chi connectivity index (χ4v) is 2.34. The van der Waals surface area contributed by atoms with E-state index in [1.165, 1.54) is 32.1 Å². The number of hydrogen-bond donors (Lipinski definition) is 1. The maximum absolute atomic E-state index is 5.82. The molecule has 2 rings (SSSR count). The number of aromatic nitrogens is 1. The summed E-state index contributed by atoms with van der Waals surface area (Å²) in [4.78, 5) is 3.94. The lowest BCUT2D eigenvalue weighted by atomic mass is 9.98. The maximum Gasteiger partial charge on any atom is 0.131 e. The number of rotatable bonds is 5. The molecule has 3 nitrogen and oxygen atoms in total. The molecule has 0 saturated heterocycles. The summed E-state index contributed by atoms with van der Waals surface area (Å²) in [5, 5.41) is 3.79. The monoisotopic (exact) mass is 254 g/mol. The lowest BCUT2D eigenvalue weighted by Gasteiger charge is -2.22. The van der Waals surface area contributed by atoms with Gasteiger partial charge in [-0.2, -0.15) is 0 Å². The Balaban J connectivity index is 1.62. The molecule has 0 aliphatic heterocycles. The van der Waals surface area contributed by atoms with Crippen LogP contribution < -0.4 is 5.32 Å². The Labute approximate surface area is 108 Å². The van der Waals surface area contributed by atoms with Gasteiger partial charge in [-0.3, -0.25) is 0 Å². The quantitative estimate of drug-likeness (QED) is 0.645. The summed E-state index contributed by atoms with van der Waals surface area (Å²) in [6.07, 6.45) is 8.63. The fourth-order valence-electron chi connectivity index (χ4n) is 2.17. The minimum atomic E-state index is 0.478. The van der Waals surface area contributed by atoms with E-state index < -0.39 is 0 Å². The van der Waals surface area contributed by atoms with Crippen molar-refractivity contribution in [2.24, 2.45) is 0 Å². The predicted molar refractivity (Wildman–Crippen MR) is 70.6 cm³/mol. The van der Waals surface area contributed by atoms with Crippen LogP contribution in [0.3, 0.4) is 0 Å². The van der Waals surface area contributed by atoms with E-state index in [0.29, 0.717) is 11.3 Å². The molecule has 1 aliphatic carbocycles. The van der Waals surface area contributed by atoms with Crippen molar-refractivity contribution in [2.45, 2.75) is 38.2 Å². The third kappa shape index (κ3) is 4.52. The zero-order valence-electron chi connectivity index (χ0n) is 9.99. The van der Waals surface area contributed by atoms with E-state index in [2.05, 4.69) is 10.3 Å². The van der Waals surface area contributed by atoms with Crippen LogP contribution in [0.2, 0.25) is 5.15 Å². The van der Waals surface area contributed by atoms with Crippen LogP contribution in [0.1, 0.15) is 32.1 Å². The molecule has 0 aromatic carbocycles. The number of ether oxygens (including phenoxy) is 1. The summed E-state index contributed by atoms with van der Waals surface area (Å²) >= 11 is 5.80. The molecule has 4 heteroatoms. The highest BCUT2D eigenvalue weighted by Gasteiger charge is 2.12. The topological polar surface area (TPSA) is 34.1 Å². The Kier molecular flexibility index (Phi) is 5.08. The summed E-state index contributed by atoms with van der Waals surface area (Å²) in [7, 11) is 0. The second-order valence-electron chi connectivity index (χ2n) is 4.42. The van der Waals surface area contributed by atoms with E-state index in [9.17, 15) is 0 Å². The summed E-state index contributed by atoms with van der Waals surface area (Å²) in [6, 6.07) is 3.73. The van der Waals surface area contributed by atoms with E-state index in [1.54, 1.807) is 6.20 Å². The van der Waals surface area contributed by atoms with Crippen molar-refractivity contribution in [2.75, 3.05) is 18.5 Å². The Hall–Kier alpha value is -0.800. The van der Waals surface area contributed by atoms with Gasteiger partial charge < -0.3 is 10.1 Å². The smallest absolute Gasteiger partial charge is 0.131 e. The average molecular weight is 255 g/mol. The molecule has 0 radical (unpaired) electrons. The van der Waals surface area contributed by atoms with Crippen LogP contribution in [-0.4, -0.2) is 24.2 Å². The number of nitrogens with one attached hydrogen (secondary N) is 1. The molecule has 0 amide bonds. The summed E-state index contributed by atoms with van der Waals surface area (Å²) in [5.41, 5.74) is 0.997. The van der Waals surface area contributed by atoms with Gasteiger partial charge in [-0.05, 0) is 25.0 Å². The Morgan fingerprint density at radius 2 is 2.18 bits per heavy atom. The first-order valence-corrected chi connectivity index (χ1v) is 6.69. The third-order valence-electron chi connectivity index (χ3n) is 3.06. The van der Waals surface area contributed by atoms with Gasteiger partial charge in [0.25, 0.3) is 0 Å². The van der Waals surface area contributed by atoms with Crippen LogP contribution in [0.5, 0.6) is 0 Å². The second-order valence-corrected chi connectivity index (χ2v) is 4.81. The van der Waals surface area contributed by atoms with Gasteiger partial charge in [0.2, 0.25) is 0 Å². The Morgan fingerprint density at radius 3 is 2.94 bits per heavy atom. The van der Waals surface area contributed by atoms with Gasteiger partial charge in [-0.15, -0.1) is 0 Å². The van der Waals surface area contributed by atoms with Crippen molar-refractivity contribution in [1.82, 2.24) is 4.98 Å². The van der Waals surface area contributed by atoms with Crippen molar-refractivity contribution in [3.05, 3.63) is 23.5 Å². The first-order valence-electron chi connectivity index (χ1n) is 6.31. The normalized spacial score (nSPS) is 17.0. The first-order chi connectivity index (χ1) is 8.34. The minimum absolute atomic E-state index is 0.478. The van der Waals surface area contributed by atoms with Crippen molar-refractivity contribution >= 4 is 17.3 Å².